The number of ether oxygens (including phenoxy) is 1. The SMILES string of the molecule is CC1CN(C(=O)CC2(N3CCOCC3)CCCC2)CC(=O)N1C. The normalized spacial score (nSPS) is 29.1. The Labute approximate surface area is 138 Å². The highest BCUT2D eigenvalue weighted by Crippen LogP contribution is 2.39. The first-order chi connectivity index (χ1) is 11.0. The molecule has 3 rings (SSSR count). The summed E-state index contributed by atoms with van der Waals surface area (Å²) >= 11 is 0. The number of morpholine rings is 1. The minimum atomic E-state index is -0.00347. The van der Waals surface area contributed by atoms with Gasteiger partial charge in [-0.05, 0) is 19.8 Å². The van der Waals surface area contributed by atoms with E-state index in [0.29, 0.717) is 13.0 Å². The molecule has 0 aromatic carbocycles. The summed E-state index contributed by atoms with van der Waals surface area (Å²) in [7, 11) is 1.82. The Kier molecular flexibility index (Phi) is 4.92. The number of rotatable bonds is 3. The van der Waals surface area contributed by atoms with Crippen LogP contribution in [-0.2, 0) is 14.3 Å². The van der Waals surface area contributed by atoms with Crippen LogP contribution in [0.2, 0.25) is 0 Å². The molecule has 3 aliphatic rings. The van der Waals surface area contributed by atoms with Gasteiger partial charge in [0.25, 0.3) is 0 Å². The molecule has 1 aliphatic carbocycles. The summed E-state index contributed by atoms with van der Waals surface area (Å²) in [6, 6.07) is 0.100. The highest BCUT2D eigenvalue weighted by molar-refractivity contribution is 5.86. The quantitative estimate of drug-likeness (QED) is 0.768. The van der Waals surface area contributed by atoms with E-state index in [1.165, 1.54) is 12.8 Å². The van der Waals surface area contributed by atoms with E-state index in [0.717, 1.165) is 39.1 Å². The molecular weight excluding hydrogens is 294 g/mol. The molecular formula is C17H29N3O3. The Morgan fingerprint density at radius 1 is 1.26 bits per heavy atom. The van der Waals surface area contributed by atoms with Crippen LogP contribution in [0.5, 0.6) is 0 Å². The van der Waals surface area contributed by atoms with Gasteiger partial charge in [0.05, 0.1) is 19.8 Å². The molecule has 0 radical (unpaired) electrons. The molecule has 6 heteroatoms. The van der Waals surface area contributed by atoms with Crippen LogP contribution in [0.25, 0.3) is 0 Å². The van der Waals surface area contributed by atoms with Gasteiger partial charge in [-0.3, -0.25) is 14.5 Å². The van der Waals surface area contributed by atoms with Gasteiger partial charge < -0.3 is 14.5 Å². The van der Waals surface area contributed by atoms with Gasteiger partial charge in [-0.2, -0.15) is 0 Å². The lowest BCUT2D eigenvalue weighted by Crippen LogP contribution is -2.58. The minimum Gasteiger partial charge on any atom is -0.379 e. The molecule has 2 amide bonds. The number of carbonyl (C=O) groups excluding carboxylic acids is 2. The molecule has 3 fully saturated rings. The van der Waals surface area contributed by atoms with E-state index in [9.17, 15) is 9.59 Å². The van der Waals surface area contributed by atoms with Crippen molar-refractivity contribution < 1.29 is 14.3 Å². The molecule has 0 bridgehead atoms. The Morgan fingerprint density at radius 3 is 2.52 bits per heavy atom. The molecule has 1 saturated carbocycles. The van der Waals surface area contributed by atoms with Crippen molar-refractivity contribution in [3.05, 3.63) is 0 Å². The third-order valence-corrected chi connectivity index (χ3v) is 5.91. The maximum absolute atomic E-state index is 12.9. The van der Waals surface area contributed by atoms with Crippen molar-refractivity contribution in [2.45, 2.75) is 50.6 Å². The summed E-state index contributed by atoms with van der Waals surface area (Å²) in [4.78, 5) is 30.9. The molecule has 2 aliphatic heterocycles. The molecule has 0 aromatic rings. The second-order valence-corrected chi connectivity index (χ2v) is 7.34. The van der Waals surface area contributed by atoms with Crippen molar-refractivity contribution in [3.63, 3.8) is 0 Å². The molecule has 0 N–H and O–H groups in total. The van der Waals surface area contributed by atoms with Crippen molar-refractivity contribution in [3.8, 4) is 0 Å². The van der Waals surface area contributed by atoms with E-state index in [-0.39, 0.29) is 29.9 Å². The lowest BCUT2D eigenvalue weighted by atomic mass is 9.89. The van der Waals surface area contributed by atoms with Crippen LogP contribution in [-0.4, -0.2) is 84.5 Å². The van der Waals surface area contributed by atoms with Gasteiger partial charge in [-0.25, -0.2) is 0 Å². The maximum atomic E-state index is 12.9. The fourth-order valence-corrected chi connectivity index (χ4v) is 4.29. The lowest BCUT2D eigenvalue weighted by Gasteiger charge is -2.45. The lowest BCUT2D eigenvalue weighted by molar-refractivity contribution is -0.149. The monoisotopic (exact) mass is 323 g/mol. The first kappa shape index (κ1) is 16.7. The zero-order valence-electron chi connectivity index (χ0n) is 14.4. The average molecular weight is 323 g/mol. The molecule has 2 saturated heterocycles. The molecule has 0 aromatic heterocycles. The smallest absolute Gasteiger partial charge is 0.242 e. The van der Waals surface area contributed by atoms with Crippen LogP contribution in [0.3, 0.4) is 0 Å². The Hall–Kier alpha value is -1.14. The molecule has 2 heterocycles. The third kappa shape index (κ3) is 3.38. The van der Waals surface area contributed by atoms with E-state index in [4.69, 9.17) is 4.74 Å². The summed E-state index contributed by atoms with van der Waals surface area (Å²) in [6.45, 7) is 6.26. The van der Waals surface area contributed by atoms with Crippen LogP contribution in [0, 0.1) is 0 Å². The number of likely N-dealkylation sites (N-methyl/N-ethyl adjacent to an activating group) is 1. The summed E-state index contributed by atoms with van der Waals surface area (Å²) in [5.74, 6) is 0.190. The standard InChI is InChI=1S/C17H29N3O3/c1-14-12-19(13-16(22)18(14)2)15(21)11-17(5-3-4-6-17)20-7-9-23-10-8-20/h14H,3-13H2,1-2H3. The van der Waals surface area contributed by atoms with Gasteiger partial charge in [0.1, 0.15) is 0 Å². The second-order valence-electron chi connectivity index (χ2n) is 7.34. The first-order valence-electron chi connectivity index (χ1n) is 8.88. The predicted molar refractivity (Wildman–Crippen MR) is 87.0 cm³/mol. The average Bonchev–Trinajstić information content (AvgIpc) is 3.02. The van der Waals surface area contributed by atoms with Gasteiger partial charge in [0, 0.05) is 44.7 Å². The van der Waals surface area contributed by atoms with E-state index in [1.54, 1.807) is 9.80 Å². The van der Waals surface area contributed by atoms with Crippen molar-refractivity contribution in [1.29, 1.82) is 0 Å². The second kappa shape index (κ2) is 6.77. The Bertz CT molecular complexity index is 456. The summed E-state index contributed by atoms with van der Waals surface area (Å²) < 4.78 is 5.48. The topological polar surface area (TPSA) is 53.1 Å². The molecule has 0 spiro atoms. The molecule has 1 unspecified atom stereocenters. The number of amides is 2. The molecule has 1 atom stereocenters. The zero-order chi connectivity index (χ0) is 16.4. The van der Waals surface area contributed by atoms with Crippen LogP contribution >= 0.6 is 0 Å². The maximum Gasteiger partial charge on any atom is 0.242 e. The van der Waals surface area contributed by atoms with Crippen LogP contribution in [0.4, 0.5) is 0 Å². The predicted octanol–water partition coefficient (Wildman–Crippen LogP) is 0.711. The first-order valence-corrected chi connectivity index (χ1v) is 8.88. The number of hydrogen-bond acceptors (Lipinski definition) is 4. The minimum absolute atomic E-state index is 0.00347. The summed E-state index contributed by atoms with van der Waals surface area (Å²) in [6.07, 6.45) is 5.13. The number of hydrogen-bond donors (Lipinski definition) is 0. The van der Waals surface area contributed by atoms with Crippen molar-refractivity contribution in [2.75, 3.05) is 46.4 Å². The van der Waals surface area contributed by atoms with Crippen LogP contribution in [0.1, 0.15) is 39.0 Å². The van der Waals surface area contributed by atoms with Crippen molar-refractivity contribution in [2.24, 2.45) is 0 Å². The Morgan fingerprint density at radius 2 is 1.91 bits per heavy atom. The third-order valence-electron chi connectivity index (χ3n) is 5.91. The van der Waals surface area contributed by atoms with Gasteiger partial charge in [-0.15, -0.1) is 0 Å². The van der Waals surface area contributed by atoms with E-state index in [2.05, 4.69) is 4.90 Å². The molecule has 6 nitrogen and oxygen atoms in total. The van der Waals surface area contributed by atoms with Crippen LogP contribution in [0.15, 0.2) is 0 Å². The van der Waals surface area contributed by atoms with Crippen molar-refractivity contribution in [1.82, 2.24) is 14.7 Å². The fourth-order valence-electron chi connectivity index (χ4n) is 4.29. The highest BCUT2D eigenvalue weighted by atomic mass is 16.5. The van der Waals surface area contributed by atoms with Gasteiger partial charge in [0.2, 0.25) is 11.8 Å². The number of nitrogens with zero attached hydrogens (tertiary/aromatic N) is 3. The van der Waals surface area contributed by atoms with Gasteiger partial charge in [-0.1, -0.05) is 12.8 Å². The number of piperazine rings is 1. The fraction of sp³-hybridized carbons (Fsp3) is 0.882. The largest absolute Gasteiger partial charge is 0.379 e. The summed E-state index contributed by atoms with van der Waals surface area (Å²) in [5.41, 5.74) is -0.00347. The van der Waals surface area contributed by atoms with E-state index < -0.39 is 0 Å². The summed E-state index contributed by atoms with van der Waals surface area (Å²) in [5, 5.41) is 0. The van der Waals surface area contributed by atoms with Gasteiger partial charge in [0.15, 0.2) is 0 Å². The zero-order valence-corrected chi connectivity index (χ0v) is 14.4. The Balaban J connectivity index is 1.68. The van der Waals surface area contributed by atoms with E-state index in [1.807, 2.05) is 14.0 Å². The number of carbonyl (C=O) groups is 2. The highest BCUT2D eigenvalue weighted by Gasteiger charge is 2.43. The van der Waals surface area contributed by atoms with Gasteiger partial charge >= 0.3 is 0 Å². The van der Waals surface area contributed by atoms with Crippen molar-refractivity contribution >= 4 is 11.8 Å². The molecule has 23 heavy (non-hydrogen) atoms. The van der Waals surface area contributed by atoms with E-state index >= 15 is 0 Å². The van der Waals surface area contributed by atoms with Crippen LogP contribution < -0.4 is 0 Å². The molecule has 130 valence electrons.